The minimum atomic E-state index is -0.498. The van der Waals surface area contributed by atoms with Crippen LogP contribution in [0.3, 0.4) is 0 Å². The van der Waals surface area contributed by atoms with E-state index in [0.29, 0.717) is 17.5 Å². The molecular formula is C14H29ClN2O. The summed E-state index contributed by atoms with van der Waals surface area (Å²) in [4.78, 5) is 2.34. The minimum absolute atomic E-state index is 0. The largest absolute Gasteiger partial charge is 0.387 e. The van der Waals surface area contributed by atoms with Crippen LogP contribution in [0.2, 0.25) is 0 Å². The van der Waals surface area contributed by atoms with Crippen molar-refractivity contribution < 1.29 is 5.11 Å². The first-order valence-corrected chi connectivity index (χ1v) is 6.93. The van der Waals surface area contributed by atoms with Crippen LogP contribution < -0.4 is 0 Å². The first kappa shape index (κ1) is 17.9. The Kier molecular flexibility index (Phi) is 8.83. The molecule has 1 aliphatic heterocycles. The summed E-state index contributed by atoms with van der Waals surface area (Å²) in [5.74, 6) is 1.23. The molecule has 0 amide bonds. The summed E-state index contributed by atoms with van der Waals surface area (Å²) in [5, 5.41) is 17.9. The Labute approximate surface area is 118 Å². The molecule has 108 valence electrons. The fraction of sp³-hybridized carbons (Fsp3) is 0.929. The van der Waals surface area contributed by atoms with Crippen LogP contribution in [0.15, 0.2) is 0 Å². The fourth-order valence-electron chi connectivity index (χ4n) is 2.37. The summed E-state index contributed by atoms with van der Waals surface area (Å²) < 4.78 is 0. The lowest BCUT2D eigenvalue weighted by Gasteiger charge is -2.30. The van der Waals surface area contributed by atoms with Crippen LogP contribution in [-0.4, -0.2) is 42.0 Å². The lowest BCUT2D eigenvalue weighted by Crippen LogP contribution is -2.33. The van der Waals surface area contributed by atoms with Gasteiger partial charge in [-0.1, -0.05) is 13.8 Å². The van der Waals surface area contributed by atoms with E-state index in [9.17, 15) is 5.11 Å². The van der Waals surface area contributed by atoms with Crippen molar-refractivity contribution in [3.8, 4) is 0 Å². The number of hydrogen-bond acceptors (Lipinski definition) is 3. The SMILES string of the molecule is CC(C)CCC(=N)C(O)CC1CCN(C)CC1.Cl. The zero-order chi connectivity index (χ0) is 12.8. The second-order valence-electron chi connectivity index (χ2n) is 5.96. The molecule has 1 aliphatic rings. The smallest absolute Gasteiger partial charge is 0.0916 e. The second-order valence-corrected chi connectivity index (χ2v) is 5.96. The number of likely N-dealkylation sites (tertiary alicyclic amines) is 1. The second kappa shape index (κ2) is 8.89. The van der Waals surface area contributed by atoms with Crippen molar-refractivity contribution in [1.82, 2.24) is 4.90 Å². The van der Waals surface area contributed by atoms with E-state index in [1.165, 1.54) is 12.8 Å². The van der Waals surface area contributed by atoms with Crippen molar-refractivity contribution in [2.75, 3.05) is 20.1 Å². The van der Waals surface area contributed by atoms with Crippen LogP contribution in [0.5, 0.6) is 0 Å². The third-order valence-electron chi connectivity index (χ3n) is 3.79. The van der Waals surface area contributed by atoms with Crippen molar-refractivity contribution in [2.24, 2.45) is 11.8 Å². The van der Waals surface area contributed by atoms with Gasteiger partial charge in [0.25, 0.3) is 0 Å². The fourth-order valence-corrected chi connectivity index (χ4v) is 2.37. The van der Waals surface area contributed by atoms with Crippen LogP contribution in [0, 0.1) is 17.2 Å². The number of aliphatic hydroxyl groups is 1. The van der Waals surface area contributed by atoms with Gasteiger partial charge in [0.2, 0.25) is 0 Å². The van der Waals surface area contributed by atoms with Crippen molar-refractivity contribution in [1.29, 1.82) is 5.41 Å². The molecule has 0 aromatic rings. The number of piperidine rings is 1. The molecule has 0 radical (unpaired) electrons. The molecule has 0 spiro atoms. The molecular weight excluding hydrogens is 248 g/mol. The molecule has 1 rings (SSSR count). The summed E-state index contributed by atoms with van der Waals surface area (Å²) in [6.07, 6.45) is 4.41. The van der Waals surface area contributed by atoms with E-state index in [2.05, 4.69) is 25.8 Å². The zero-order valence-electron chi connectivity index (χ0n) is 12.0. The molecule has 0 saturated carbocycles. The minimum Gasteiger partial charge on any atom is -0.387 e. The number of halogens is 1. The third-order valence-corrected chi connectivity index (χ3v) is 3.79. The van der Waals surface area contributed by atoms with Crippen molar-refractivity contribution >= 4 is 18.1 Å². The molecule has 3 nitrogen and oxygen atoms in total. The van der Waals surface area contributed by atoms with Gasteiger partial charge in [0.05, 0.1) is 6.10 Å². The molecule has 1 unspecified atom stereocenters. The summed E-state index contributed by atoms with van der Waals surface area (Å²) in [6, 6.07) is 0. The highest BCUT2D eigenvalue weighted by molar-refractivity contribution is 5.85. The Morgan fingerprint density at radius 2 is 1.89 bits per heavy atom. The Hall–Kier alpha value is -0.120. The average molecular weight is 277 g/mol. The van der Waals surface area contributed by atoms with Gasteiger partial charge in [0, 0.05) is 5.71 Å². The van der Waals surface area contributed by atoms with E-state index in [-0.39, 0.29) is 12.4 Å². The molecule has 0 aromatic carbocycles. The van der Waals surface area contributed by atoms with Gasteiger partial charge in [-0.3, -0.25) is 0 Å². The van der Waals surface area contributed by atoms with Gasteiger partial charge >= 0.3 is 0 Å². The van der Waals surface area contributed by atoms with Crippen molar-refractivity contribution in [3.05, 3.63) is 0 Å². The van der Waals surface area contributed by atoms with E-state index in [4.69, 9.17) is 5.41 Å². The first-order chi connectivity index (χ1) is 7.99. The number of nitrogens with one attached hydrogen (secondary N) is 1. The number of nitrogens with zero attached hydrogens (tertiary/aromatic N) is 1. The maximum Gasteiger partial charge on any atom is 0.0916 e. The Morgan fingerprint density at radius 3 is 2.39 bits per heavy atom. The number of hydrogen-bond donors (Lipinski definition) is 2. The van der Waals surface area contributed by atoms with Crippen LogP contribution in [-0.2, 0) is 0 Å². The van der Waals surface area contributed by atoms with Gasteiger partial charge in [0.15, 0.2) is 0 Å². The quantitative estimate of drug-likeness (QED) is 0.733. The van der Waals surface area contributed by atoms with Gasteiger partial charge in [0.1, 0.15) is 0 Å². The summed E-state index contributed by atoms with van der Waals surface area (Å²) in [6.45, 7) is 6.60. The molecule has 1 atom stereocenters. The molecule has 4 heteroatoms. The van der Waals surface area contributed by atoms with Crippen LogP contribution in [0.4, 0.5) is 0 Å². The molecule has 0 bridgehead atoms. The first-order valence-electron chi connectivity index (χ1n) is 6.93. The van der Waals surface area contributed by atoms with E-state index in [0.717, 1.165) is 32.4 Å². The topological polar surface area (TPSA) is 47.3 Å². The van der Waals surface area contributed by atoms with E-state index >= 15 is 0 Å². The molecule has 18 heavy (non-hydrogen) atoms. The summed E-state index contributed by atoms with van der Waals surface area (Å²) in [7, 11) is 2.15. The molecule has 1 fully saturated rings. The zero-order valence-corrected chi connectivity index (χ0v) is 12.8. The monoisotopic (exact) mass is 276 g/mol. The van der Waals surface area contributed by atoms with Crippen LogP contribution >= 0.6 is 12.4 Å². The van der Waals surface area contributed by atoms with Crippen LogP contribution in [0.25, 0.3) is 0 Å². The van der Waals surface area contributed by atoms with Crippen molar-refractivity contribution in [2.45, 2.75) is 52.1 Å². The summed E-state index contributed by atoms with van der Waals surface area (Å²) >= 11 is 0. The molecule has 0 aromatic heterocycles. The molecule has 1 heterocycles. The highest BCUT2D eigenvalue weighted by Gasteiger charge is 2.21. The third kappa shape index (κ3) is 6.72. The van der Waals surface area contributed by atoms with Gasteiger partial charge in [-0.2, -0.15) is 0 Å². The number of aliphatic hydroxyl groups excluding tert-OH is 1. The Morgan fingerprint density at radius 1 is 1.33 bits per heavy atom. The highest BCUT2D eigenvalue weighted by atomic mass is 35.5. The van der Waals surface area contributed by atoms with Gasteiger partial charge in [-0.15, -0.1) is 12.4 Å². The van der Waals surface area contributed by atoms with Gasteiger partial charge in [-0.05, 0) is 64.1 Å². The predicted molar refractivity (Wildman–Crippen MR) is 79.9 cm³/mol. The highest BCUT2D eigenvalue weighted by Crippen LogP contribution is 2.22. The van der Waals surface area contributed by atoms with Gasteiger partial charge < -0.3 is 15.4 Å². The Balaban J connectivity index is 0.00000289. The molecule has 1 saturated heterocycles. The molecule has 0 aliphatic carbocycles. The summed E-state index contributed by atoms with van der Waals surface area (Å²) in [5.41, 5.74) is 0.539. The van der Waals surface area contributed by atoms with E-state index in [1.54, 1.807) is 0 Å². The van der Waals surface area contributed by atoms with Crippen molar-refractivity contribution in [3.63, 3.8) is 0 Å². The Bertz CT molecular complexity index is 238. The average Bonchev–Trinajstić information content (AvgIpc) is 2.28. The number of rotatable bonds is 6. The van der Waals surface area contributed by atoms with E-state index in [1.807, 2.05) is 0 Å². The standard InChI is InChI=1S/C14H28N2O.ClH/c1-11(2)4-5-13(15)14(17)10-12-6-8-16(3)9-7-12;/h11-12,14-15,17H,4-10H2,1-3H3;1H. The van der Waals surface area contributed by atoms with Gasteiger partial charge in [-0.25, -0.2) is 0 Å². The molecule has 2 N–H and O–H groups in total. The van der Waals surface area contributed by atoms with E-state index < -0.39 is 6.10 Å². The lowest BCUT2D eigenvalue weighted by molar-refractivity contribution is 0.153. The lowest BCUT2D eigenvalue weighted by atomic mass is 9.89. The van der Waals surface area contributed by atoms with Crippen LogP contribution in [0.1, 0.15) is 46.0 Å². The maximum absolute atomic E-state index is 10.0. The normalized spacial score (nSPS) is 19.6. The maximum atomic E-state index is 10.0. The predicted octanol–water partition coefficient (Wildman–Crippen LogP) is 2.96.